The standard InChI is InChI=1S/C15H23BrN2/c1-11(17)13-7-8-15(14(16)9-13)18(2)10-12-5-3-4-6-12/h7-9,11-12H,3-6,10,17H2,1-2H3/t11-/m0/s1. The van der Waals surface area contributed by atoms with E-state index >= 15 is 0 Å². The highest BCUT2D eigenvalue weighted by Crippen LogP contribution is 2.31. The van der Waals surface area contributed by atoms with Crippen LogP contribution < -0.4 is 10.6 Å². The lowest BCUT2D eigenvalue weighted by atomic mass is 10.1. The van der Waals surface area contributed by atoms with Crippen molar-refractivity contribution in [2.75, 3.05) is 18.5 Å². The van der Waals surface area contributed by atoms with Gasteiger partial charge in [-0.25, -0.2) is 0 Å². The Morgan fingerprint density at radius 1 is 1.39 bits per heavy atom. The van der Waals surface area contributed by atoms with Gasteiger partial charge >= 0.3 is 0 Å². The first-order chi connectivity index (χ1) is 8.58. The molecule has 1 fully saturated rings. The average molecular weight is 311 g/mol. The van der Waals surface area contributed by atoms with Crippen LogP contribution in [0.25, 0.3) is 0 Å². The molecule has 2 rings (SSSR count). The summed E-state index contributed by atoms with van der Waals surface area (Å²) in [6.45, 7) is 3.18. The molecule has 0 radical (unpaired) electrons. The molecule has 1 aromatic carbocycles. The molecule has 100 valence electrons. The molecule has 0 aromatic heterocycles. The Balaban J connectivity index is 2.07. The van der Waals surface area contributed by atoms with Crippen molar-refractivity contribution in [3.05, 3.63) is 28.2 Å². The summed E-state index contributed by atoms with van der Waals surface area (Å²) in [5.41, 5.74) is 8.36. The van der Waals surface area contributed by atoms with E-state index in [2.05, 4.69) is 46.1 Å². The Labute approximate surface area is 119 Å². The van der Waals surface area contributed by atoms with Crippen LogP contribution in [0.1, 0.15) is 44.2 Å². The predicted octanol–water partition coefficient (Wildman–Crippen LogP) is 4.10. The van der Waals surface area contributed by atoms with Crippen LogP contribution in [0.3, 0.4) is 0 Å². The van der Waals surface area contributed by atoms with Gasteiger partial charge in [0.2, 0.25) is 0 Å². The molecule has 18 heavy (non-hydrogen) atoms. The quantitative estimate of drug-likeness (QED) is 0.907. The van der Waals surface area contributed by atoms with E-state index in [-0.39, 0.29) is 6.04 Å². The Kier molecular flexibility index (Phi) is 4.68. The third kappa shape index (κ3) is 3.27. The molecule has 0 saturated heterocycles. The molecule has 1 aliphatic rings. The summed E-state index contributed by atoms with van der Waals surface area (Å²) in [5, 5.41) is 0. The van der Waals surface area contributed by atoms with Gasteiger partial charge in [-0.05, 0) is 59.3 Å². The molecule has 0 amide bonds. The van der Waals surface area contributed by atoms with E-state index in [1.54, 1.807) is 0 Å². The molecule has 0 aliphatic heterocycles. The number of rotatable bonds is 4. The van der Waals surface area contributed by atoms with E-state index in [0.717, 1.165) is 16.9 Å². The maximum Gasteiger partial charge on any atom is 0.0508 e. The van der Waals surface area contributed by atoms with Gasteiger partial charge in [0.05, 0.1) is 5.69 Å². The number of nitrogens with zero attached hydrogens (tertiary/aromatic N) is 1. The minimum absolute atomic E-state index is 0.0930. The van der Waals surface area contributed by atoms with E-state index < -0.39 is 0 Å². The molecule has 1 atom stereocenters. The van der Waals surface area contributed by atoms with E-state index in [1.165, 1.54) is 36.9 Å². The fourth-order valence-corrected chi connectivity index (χ4v) is 3.49. The second-order valence-electron chi connectivity index (χ2n) is 5.53. The number of nitrogens with two attached hydrogens (primary N) is 1. The van der Waals surface area contributed by atoms with E-state index in [0.29, 0.717) is 0 Å². The Morgan fingerprint density at radius 2 is 2.06 bits per heavy atom. The van der Waals surface area contributed by atoms with Crippen LogP contribution in [0.5, 0.6) is 0 Å². The maximum atomic E-state index is 5.91. The van der Waals surface area contributed by atoms with Gasteiger partial charge in [-0.1, -0.05) is 18.9 Å². The molecule has 0 unspecified atom stereocenters. The minimum Gasteiger partial charge on any atom is -0.373 e. The highest BCUT2D eigenvalue weighted by atomic mass is 79.9. The third-order valence-corrected chi connectivity index (χ3v) is 4.55. The number of benzene rings is 1. The summed E-state index contributed by atoms with van der Waals surface area (Å²) in [5.74, 6) is 0.870. The van der Waals surface area contributed by atoms with E-state index in [9.17, 15) is 0 Å². The van der Waals surface area contributed by atoms with Gasteiger partial charge in [0.15, 0.2) is 0 Å². The monoisotopic (exact) mass is 310 g/mol. The summed E-state index contributed by atoms with van der Waals surface area (Å²) in [6, 6.07) is 6.55. The molecule has 2 N–H and O–H groups in total. The van der Waals surface area contributed by atoms with Crippen molar-refractivity contribution in [2.45, 2.75) is 38.6 Å². The smallest absolute Gasteiger partial charge is 0.0508 e. The first-order valence-electron chi connectivity index (χ1n) is 6.84. The van der Waals surface area contributed by atoms with Gasteiger partial charge in [-0.3, -0.25) is 0 Å². The third-order valence-electron chi connectivity index (χ3n) is 3.92. The van der Waals surface area contributed by atoms with E-state index in [4.69, 9.17) is 5.73 Å². The lowest BCUT2D eigenvalue weighted by molar-refractivity contribution is 0.547. The highest BCUT2D eigenvalue weighted by molar-refractivity contribution is 9.10. The molecular weight excluding hydrogens is 288 g/mol. The summed E-state index contributed by atoms with van der Waals surface area (Å²) in [7, 11) is 2.18. The van der Waals surface area contributed by atoms with Crippen molar-refractivity contribution in [1.29, 1.82) is 0 Å². The predicted molar refractivity (Wildman–Crippen MR) is 82.0 cm³/mol. The molecule has 3 heteroatoms. The van der Waals surface area contributed by atoms with Crippen LogP contribution in [0.15, 0.2) is 22.7 Å². The molecule has 1 aliphatic carbocycles. The first kappa shape index (κ1) is 13.9. The van der Waals surface area contributed by atoms with Crippen LogP contribution in [0.4, 0.5) is 5.69 Å². The molecule has 0 heterocycles. The largest absolute Gasteiger partial charge is 0.373 e. The van der Waals surface area contributed by atoms with Gasteiger partial charge in [0.25, 0.3) is 0 Å². The van der Waals surface area contributed by atoms with Crippen LogP contribution in [0, 0.1) is 5.92 Å². The van der Waals surface area contributed by atoms with Crippen LogP contribution >= 0.6 is 15.9 Å². The van der Waals surface area contributed by atoms with Gasteiger partial charge < -0.3 is 10.6 Å². The lowest BCUT2D eigenvalue weighted by Crippen LogP contribution is -2.24. The maximum absolute atomic E-state index is 5.91. The van der Waals surface area contributed by atoms with Crippen molar-refractivity contribution in [3.63, 3.8) is 0 Å². The fourth-order valence-electron chi connectivity index (χ4n) is 2.79. The zero-order valence-electron chi connectivity index (χ0n) is 11.3. The van der Waals surface area contributed by atoms with Crippen molar-refractivity contribution in [3.8, 4) is 0 Å². The summed E-state index contributed by atoms with van der Waals surface area (Å²) in [6.07, 6.45) is 5.59. The number of hydrogen-bond donors (Lipinski definition) is 1. The Hall–Kier alpha value is -0.540. The number of anilines is 1. The average Bonchev–Trinajstić information content (AvgIpc) is 2.81. The van der Waals surface area contributed by atoms with Crippen LogP contribution in [0.2, 0.25) is 0 Å². The molecule has 1 saturated carbocycles. The van der Waals surface area contributed by atoms with Gasteiger partial charge in [0.1, 0.15) is 0 Å². The van der Waals surface area contributed by atoms with Gasteiger partial charge in [-0.2, -0.15) is 0 Å². The van der Waals surface area contributed by atoms with E-state index in [1.807, 2.05) is 6.92 Å². The zero-order chi connectivity index (χ0) is 13.1. The topological polar surface area (TPSA) is 29.3 Å². The molecular formula is C15H23BrN2. The van der Waals surface area contributed by atoms with Crippen LogP contribution in [-0.2, 0) is 0 Å². The molecule has 1 aromatic rings. The van der Waals surface area contributed by atoms with Crippen molar-refractivity contribution < 1.29 is 0 Å². The Bertz CT molecular complexity index is 397. The summed E-state index contributed by atoms with van der Waals surface area (Å²) < 4.78 is 1.15. The Morgan fingerprint density at radius 3 is 2.61 bits per heavy atom. The molecule has 0 spiro atoms. The second-order valence-corrected chi connectivity index (χ2v) is 6.38. The van der Waals surface area contributed by atoms with Crippen molar-refractivity contribution >= 4 is 21.6 Å². The number of halogens is 1. The summed E-state index contributed by atoms with van der Waals surface area (Å²) >= 11 is 3.67. The second kappa shape index (κ2) is 6.07. The number of hydrogen-bond acceptors (Lipinski definition) is 2. The fraction of sp³-hybridized carbons (Fsp3) is 0.600. The molecule has 0 bridgehead atoms. The van der Waals surface area contributed by atoms with Gasteiger partial charge in [0, 0.05) is 24.1 Å². The molecule has 2 nitrogen and oxygen atoms in total. The minimum atomic E-state index is 0.0930. The normalized spacial score (nSPS) is 18.0. The lowest BCUT2D eigenvalue weighted by Gasteiger charge is -2.24. The highest BCUT2D eigenvalue weighted by Gasteiger charge is 2.18. The van der Waals surface area contributed by atoms with Crippen LogP contribution in [-0.4, -0.2) is 13.6 Å². The van der Waals surface area contributed by atoms with Gasteiger partial charge in [-0.15, -0.1) is 0 Å². The van der Waals surface area contributed by atoms with Crippen molar-refractivity contribution in [2.24, 2.45) is 11.7 Å². The SMILES string of the molecule is C[C@H](N)c1ccc(N(C)CC2CCCC2)c(Br)c1. The zero-order valence-corrected chi connectivity index (χ0v) is 12.9. The first-order valence-corrected chi connectivity index (χ1v) is 7.63. The van der Waals surface area contributed by atoms with Crippen molar-refractivity contribution in [1.82, 2.24) is 0 Å². The summed E-state index contributed by atoms with van der Waals surface area (Å²) in [4.78, 5) is 2.37.